The first-order valence-electron chi connectivity index (χ1n) is 19.3. The molecule has 0 spiro atoms. The molecule has 13 aromatic rings. The lowest BCUT2D eigenvalue weighted by Gasteiger charge is -2.13. The van der Waals surface area contributed by atoms with Crippen molar-refractivity contribution in [2.24, 2.45) is 0 Å². The van der Waals surface area contributed by atoms with Crippen LogP contribution in [-0.4, -0.2) is 19.1 Å². The van der Waals surface area contributed by atoms with Crippen molar-refractivity contribution in [1.82, 2.24) is 19.1 Å². The van der Waals surface area contributed by atoms with Crippen LogP contribution < -0.4 is 0 Å². The van der Waals surface area contributed by atoms with Gasteiger partial charge >= 0.3 is 0 Å². The Bertz CT molecular complexity index is 3830. The largest absolute Gasteiger partial charge is 0.455 e. The van der Waals surface area contributed by atoms with Gasteiger partial charge < -0.3 is 8.98 Å². The molecule has 9 aromatic carbocycles. The smallest absolute Gasteiger partial charge is 0.235 e. The maximum absolute atomic E-state index is 6.54. The van der Waals surface area contributed by atoms with Crippen LogP contribution in [0.1, 0.15) is 0 Å². The molecule has 0 amide bonds. The Labute approximate surface area is 325 Å². The van der Waals surface area contributed by atoms with Crippen LogP contribution in [0.3, 0.4) is 0 Å². The summed E-state index contributed by atoms with van der Waals surface area (Å²) in [5, 5.41) is 12.8. The maximum Gasteiger partial charge on any atom is 0.235 e. The van der Waals surface area contributed by atoms with Gasteiger partial charge in [0.15, 0.2) is 0 Å². The molecule has 0 saturated carbocycles. The Balaban J connectivity index is 1.05. The number of nitrogens with zero attached hydrogens (tertiary/aromatic N) is 4. The van der Waals surface area contributed by atoms with Gasteiger partial charge in [0.05, 0.1) is 33.3 Å². The van der Waals surface area contributed by atoms with Gasteiger partial charge in [0.2, 0.25) is 5.95 Å². The van der Waals surface area contributed by atoms with Gasteiger partial charge in [-0.15, -0.1) is 0 Å². The summed E-state index contributed by atoms with van der Waals surface area (Å²) in [6, 6.07) is 64.9. The minimum absolute atomic E-state index is 0.622. The molecule has 5 nitrogen and oxygen atoms in total. The molecule has 0 bridgehead atoms. The summed E-state index contributed by atoms with van der Waals surface area (Å²) < 4.78 is 11.2. The van der Waals surface area contributed by atoms with Crippen LogP contribution in [-0.2, 0) is 0 Å². The molecule has 0 N–H and O–H groups in total. The lowest BCUT2D eigenvalue weighted by Crippen LogP contribution is -2.03. The van der Waals surface area contributed by atoms with E-state index in [-0.39, 0.29) is 0 Å². The van der Waals surface area contributed by atoms with E-state index in [1.807, 2.05) is 18.2 Å². The average molecular weight is 727 g/mol. The zero-order chi connectivity index (χ0) is 37.2. The van der Waals surface area contributed by atoms with Gasteiger partial charge in [0.1, 0.15) is 11.2 Å². The van der Waals surface area contributed by atoms with Crippen LogP contribution in [0.15, 0.2) is 186 Å². The van der Waals surface area contributed by atoms with E-state index in [4.69, 9.17) is 14.4 Å². The average Bonchev–Trinajstić information content (AvgIpc) is 3.91. The van der Waals surface area contributed by atoms with Crippen molar-refractivity contribution in [3.05, 3.63) is 182 Å². The molecule has 4 heterocycles. The normalized spacial score (nSPS) is 12.2. The second kappa shape index (κ2) is 11.4. The molecule has 0 saturated heterocycles. The Morgan fingerprint density at radius 3 is 1.77 bits per heavy atom. The molecule has 4 aromatic heterocycles. The topological polar surface area (TPSA) is 48.8 Å². The summed E-state index contributed by atoms with van der Waals surface area (Å²) in [6.07, 6.45) is 0. The molecule has 0 unspecified atom stereocenters. The molecule has 0 radical (unpaired) electrons. The van der Waals surface area contributed by atoms with Gasteiger partial charge in [0.25, 0.3) is 0 Å². The predicted octanol–water partition coefficient (Wildman–Crippen LogP) is 13.7. The Hall–Kier alpha value is -7.76. The highest BCUT2D eigenvalue weighted by atomic mass is 16.3. The Morgan fingerprint density at radius 2 is 0.965 bits per heavy atom. The number of hydrogen-bond donors (Lipinski definition) is 0. The molecule has 13 rings (SSSR count). The van der Waals surface area contributed by atoms with E-state index in [2.05, 4.69) is 173 Å². The fraction of sp³-hybridized carbons (Fsp3) is 0. The predicted molar refractivity (Wildman–Crippen MR) is 236 cm³/mol. The lowest BCUT2D eigenvalue weighted by atomic mass is 10.0. The van der Waals surface area contributed by atoms with E-state index >= 15 is 0 Å². The quantitative estimate of drug-likeness (QED) is 0.182. The third-order valence-electron chi connectivity index (χ3n) is 11.9. The minimum atomic E-state index is 0.622. The van der Waals surface area contributed by atoms with Gasteiger partial charge in [0, 0.05) is 49.0 Å². The van der Waals surface area contributed by atoms with Gasteiger partial charge in [-0.3, -0.25) is 4.57 Å². The zero-order valence-corrected chi connectivity index (χ0v) is 30.5. The first kappa shape index (κ1) is 30.6. The summed E-state index contributed by atoms with van der Waals surface area (Å²) >= 11 is 0. The number of rotatable bonds is 3. The number of furan rings is 1. The second-order valence-electron chi connectivity index (χ2n) is 15.0. The van der Waals surface area contributed by atoms with E-state index in [0.717, 1.165) is 77.0 Å². The summed E-state index contributed by atoms with van der Waals surface area (Å²) in [5.41, 5.74) is 10.0. The van der Waals surface area contributed by atoms with E-state index in [0.29, 0.717) is 5.95 Å². The molecule has 0 aliphatic heterocycles. The van der Waals surface area contributed by atoms with E-state index in [9.17, 15) is 0 Å². The summed E-state index contributed by atoms with van der Waals surface area (Å²) in [4.78, 5) is 10.7. The summed E-state index contributed by atoms with van der Waals surface area (Å²) in [5.74, 6) is 0.622. The molecule has 0 fully saturated rings. The van der Waals surface area contributed by atoms with Crippen molar-refractivity contribution < 1.29 is 4.42 Å². The zero-order valence-electron chi connectivity index (χ0n) is 30.5. The molecule has 0 aliphatic carbocycles. The number of fused-ring (bicyclic) bond motifs is 12. The third-order valence-corrected chi connectivity index (χ3v) is 11.9. The van der Waals surface area contributed by atoms with Crippen LogP contribution in [0, 0.1) is 0 Å². The summed E-state index contributed by atoms with van der Waals surface area (Å²) in [6.45, 7) is 0. The first-order valence-corrected chi connectivity index (χ1v) is 19.3. The van der Waals surface area contributed by atoms with Gasteiger partial charge in [-0.2, -0.15) is 0 Å². The molecule has 0 atom stereocenters. The lowest BCUT2D eigenvalue weighted by molar-refractivity contribution is 0.670. The SMILES string of the molecule is c1ccc2cc3c(cc2c1)c1ccccc1n3-c1ccc2cc3c(cc2c1)c1ccccc1n3-c1nc(-c2cccc3c2oc2ccccc23)c2ccccc2n1. The number of para-hydroxylation sites is 5. The van der Waals surface area contributed by atoms with Crippen molar-refractivity contribution in [3.63, 3.8) is 0 Å². The standard InChI is InChI=1S/C52H30N4O/c1-2-13-32-29-47-42(27-31(32)12-1)36-14-4-8-21-45(36)55(47)35-25-24-33-30-48-43(28-34(33)26-35)37-15-5-9-22-46(37)56(48)52-53-44-20-7-3-17-40(44)50(54-52)41-19-11-18-39-38-16-6-10-23-49(38)57-51(39)41/h1-30H. The fourth-order valence-electron chi connectivity index (χ4n) is 9.29. The maximum atomic E-state index is 6.54. The second-order valence-corrected chi connectivity index (χ2v) is 15.0. The van der Waals surface area contributed by atoms with Gasteiger partial charge in [-0.25, -0.2) is 9.97 Å². The molecule has 57 heavy (non-hydrogen) atoms. The number of hydrogen-bond acceptors (Lipinski definition) is 3. The van der Waals surface area contributed by atoms with Gasteiger partial charge in [-0.05, 0) is 88.3 Å². The molecular weight excluding hydrogens is 697 g/mol. The van der Waals surface area contributed by atoms with Crippen LogP contribution in [0.2, 0.25) is 0 Å². The van der Waals surface area contributed by atoms with Crippen molar-refractivity contribution in [2.45, 2.75) is 0 Å². The highest BCUT2D eigenvalue weighted by Crippen LogP contribution is 2.41. The first-order chi connectivity index (χ1) is 28.2. The van der Waals surface area contributed by atoms with E-state index in [1.54, 1.807) is 0 Å². The van der Waals surface area contributed by atoms with E-state index in [1.165, 1.54) is 38.0 Å². The van der Waals surface area contributed by atoms with Crippen LogP contribution >= 0.6 is 0 Å². The highest BCUT2D eigenvalue weighted by Gasteiger charge is 2.21. The Morgan fingerprint density at radius 1 is 0.368 bits per heavy atom. The van der Waals surface area contributed by atoms with Crippen molar-refractivity contribution >= 4 is 98.0 Å². The molecule has 264 valence electrons. The van der Waals surface area contributed by atoms with Crippen LogP contribution in [0.25, 0.3) is 121 Å². The fourth-order valence-corrected chi connectivity index (χ4v) is 9.29. The minimum Gasteiger partial charge on any atom is -0.455 e. The van der Waals surface area contributed by atoms with Gasteiger partial charge in [-0.1, -0.05) is 115 Å². The highest BCUT2D eigenvalue weighted by molar-refractivity contribution is 6.16. The van der Waals surface area contributed by atoms with Crippen LogP contribution in [0.4, 0.5) is 0 Å². The molecule has 5 heteroatoms. The van der Waals surface area contributed by atoms with E-state index < -0.39 is 0 Å². The summed E-state index contributed by atoms with van der Waals surface area (Å²) in [7, 11) is 0. The number of benzene rings is 9. The van der Waals surface area contributed by atoms with Crippen molar-refractivity contribution in [1.29, 1.82) is 0 Å². The monoisotopic (exact) mass is 726 g/mol. The number of aromatic nitrogens is 4. The molecule has 0 aliphatic rings. The molecular formula is C52H30N4O. The van der Waals surface area contributed by atoms with Crippen molar-refractivity contribution in [2.75, 3.05) is 0 Å². The van der Waals surface area contributed by atoms with Crippen molar-refractivity contribution in [3.8, 4) is 22.9 Å². The van der Waals surface area contributed by atoms with Crippen LogP contribution in [0.5, 0.6) is 0 Å². The Kier molecular flexibility index (Phi) is 6.10. The third kappa shape index (κ3) is 4.34.